The molecule has 0 radical (unpaired) electrons. The number of nitrogens with one attached hydrogen (secondary N) is 1. The lowest BCUT2D eigenvalue weighted by atomic mass is 9.94. The minimum Gasteiger partial charge on any atom is -0.489 e. The molecule has 1 heterocycles. The summed E-state index contributed by atoms with van der Waals surface area (Å²) in [6.07, 6.45) is 5.36. The number of fused-ring (bicyclic) bond motifs is 1. The monoisotopic (exact) mass is 498 g/mol. The average Bonchev–Trinajstić information content (AvgIpc) is 3.24. The van der Waals surface area contributed by atoms with Crippen LogP contribution in [0.3, 0.4) is 0 Å². The summed E-state index contributed by atoms with van der Waals surface area (Å²) in [4.78, 5) is 28.0. The lowest BCUT2D eigenvalue weighted by Gasteiger charge is -2.38. The Morgan fingerprint density at radius 2 is 1.65 bits per heavy atom. The molecule has 0 unspecified atom stereocenters. The maximum atomic E-state index is 13.5. The molecule has 1 amide bonds. The van der Waals surface area contributed by atoms with Gasteiger partial charge >= 0.3 is 5.97 Å². The Balaban J connectivity index is 1.38. The topological polar surface area (TPSA) is 67.9 Å². The van der Waals surface area contributed by atoms with Crippen molar-refractivity contribution in [3.63, 3.8) is 0 Å². The van der Waals surface area contributed by atoms with Gasteiger partial charge in [0.05, 0.1) is 13.5 Å². The van der Waals surface area contributed by atoms with Crippen molar-refractivity contribution >= 4 is 11.9 Å². The number of carbonyl (C=O) groups is 2. The van der Waals surface area contributed by atoms with Gasteiger partial charge in [0, 0.05) is 23.2 Å². The smallest absolute Gasteiger partial charge is 0.307 e. The molecule has 0 bridgehead atoms. The first-order chi connectivity index (χ1) is 18.1. The number of esters is 1. The molecule has 1 fully saturated rings. The van der Waals surface area contributed by atoms with Gasteiger partial charge in [-0.15, -0.1) is 0 Å². The molecule has 2 aliphatic rings. The summed E-state index contributed by atoms with van der Waals surface area (Å²) in [5, 5.41) is 3.67. The van der Waals surface area contributed by atoms with E-state index in [4.69, 9.17) is 9.47 Å². The van der Waals surface area contributed by atoms with Crippen LogP contribution in [-0.4, -0.2) is 29.9 Å². The summed E-state index contributed by atoms with van der Waals surface area (Å²) in [6.45, 7) is 0.487. The van der Waals surface area contributed by atoms with Crippen LogP contribution < -0.4 is 10.1 Å². The highest BCUT2D eigenvalue weighted by atomic mass is 16.5. The number of amides is 1. The van der Waals surface area contributed by atoms with Crippen LogP contribution in [0.2, 0.25) is 0 Å². The summed E-state index contributed by atoms with van der Waals surface area (Å²) in [7, 11) is 1.41. The average molecular weight is 499 g/mol. The second-order valence-corrected chi connectivity index (χ2v) is 9.84. The largest absolute Gasteiger partial charge is 0.489 e. The molecule has 1 aliphatic heterocycles. The molecule has 0 saturated heterocycles. The van der Waals surface area contributed by atoms with Gasteiger partial charge in [-0.3, -0.25) is 14.9 Å². The van der Waals surface area contributed by atoms with Gasteiger partial charge in [0.1, 0.15) is 18.5 Å². The normalized spacial score (nSPS) is 18.4. The minimum absolute atomic E-state index is 0.0708. The lowest BCUT2D eigenvalue weighted by molar-refractivity contribution is -0.141. The van der Waals surface area contributed by atoms with Crippen LogP contribution in [-0.2, 0) is 16.1 Å². The van der Waals surface area contributed by atoms with E-state index < -0.39 is 0 Å². The third-order valence-electron chi connectivity index (χ3n) is 7.45. The Kier molecular flexibility index (Phi) is 7.85. The van der Waals surface area contributed by atoms with E-state index in [-0.39, 0.29) is 36.5 Å². The number of hydrogen-bond acceptors (Lipinski definition) is 5. The van der Waals surface area contributed by atoms with Crippen LogP contribution in [0, 0.1) is 0 Å². The van der Waals surface area contributed by atoms with Crippen molar-refractivity contribution in [1.29, 1.82) is 0 Å². The fraction of sp³-hybridized carbons (Fsp3) is 0.355. The van der Waals surface area contributed by atoms with E-state index in [0.29, 0.717) is 6.61 Å². The molecule has 6 heteroatoms. The molecule has 1 N–H and O–H groups in total. The van der Waals surface area contributed by atoms with Crippen LogP contribution in [0.15, 0.2) is 78.9 Å². The molecule has 1 saturated carbocycles. The Morgan fingerprint density at radius 1 is 0.946 bits per heavy atom. The van der Waals surface area contributed by atoms with E-state index >= 15 is 0 Å². The van der Waals surface area contributed by atoms with Gasteiger partial charge in [-0.2, -0.15) is 0 Å². The summed E-state index contributed by atoms with van der Waals surface area (Å²) in [6, 6.07) is 25.5. The predicted octanol–water partition coefficient (Wildman–Crippen LogP) is 5.95. The van der Waals surface area contributed by atoms with Gasteiger partial charge in [-0.05, 0) is 42.2 Å². The molecule has 1 aliphatic carbocycles. The zero-order valence-electron chi connectivity index (χ0n) is 21.3. The van der Waals surface area contributed by atoms with Crippen LogP contribution >= 0.6 is 0 Å². The van der Waals surface area contributed by atoms with Crippen molar-refractivity contribution in [2.24, 2.45) is 0 Å². The first-order valence-corrected chi connectivity index (χ1v) is 13.1. The maximum Gasteiger partial charge on any atom is 0.307 e. The molecule has 3 aromatic carbocycles. The molecule has 5 rings (SSSR count). The summed E-state index contributed by atoms with van der Waals surface area (Å²) in [5.41, 5.74) is 3.75. The van der Waals surface area contributed by atoms with Crippen molar-refractivity contribution in [1.82, 2.24) is 10.2 Å². The first-order valence-electron chi connectivity index (χ1n) is 13.1. The molecule has 0 spiro atoms. The lowest BCUT2D eigenvalue weighted by Crippen LogP contribution is -2.45. The van der Waals surface area contributed by atoms with Gasteiger partial charge in [0.15, 0.2) is 0 Å². The van der Waals surface area contributed by atoms with Crippen molar-refractivity contribution < 1.29 is 19.1 Å². The van der Waals surface area contributed by atoms with Gasteiger partial charge in [-0.1, -0.05) is 79.9 Å². The zero-order valence-corrected chi connectivity index (χ0v) is 21.3. The van der Waals surface area contributed by atoms with Crippen molar-refractivity contribution in [2.75, 3.05) is 7.11 Å². The molecule has 3 aromatic rings. The van der Waals surface area contributed by atoms with Gasteiger partial charge in [-0.25, -0.2) is 0 Å². The van der Waals surface area contributed by atoms with E-state index in [1.54, 1.807) is 0 Å². The molecule has 192 valence electrons. The van der Waals surface area contributed by atoms with E-state index in [0.717, 1.165) is 53.7 Å². The van der Waals surface area contributed by atoms with E-state index in [2.05, 4.69) is 5.32 Å². The third kappa shape index (κ3) is 5.70. The Bertz CT molecular complexity index is 1210. The SMILES string of the molecule is COC(=O)C[C@@H](N[C@H]1c2ccccc2C(=O)N1C1CCCCC1)c1ccc(OCc2ccccc2)cc1. The number of methoxy groups -OCH3 is 1. The molecule has 37 heavy (non-hydrogen) atoms. The van der Waals surface area contributed by atoms with Gasteiger partial charge in [0.2, 0.25) is 0 Å². The van der Waals surface area contributed by atoms with Crippen LogP contribution in [0.1, 0.15) is 77.8 Å². The van der Waals surface area contributed by atoms with Gasteiger partial charge < -0.3 is 14.4 Å². The van der Waals surface area contributed by atoms with E-state index in [9.17, 15) is 9.59 Å². The van der Waals surface area contributed by atoms with Crippen LogP contribution in [0.5, 0.6) is 5.75 Å². The number of carbonyl (C=O) groups excluding carboxylic acids is 2. The molecule has 2 atom stereocenters. The highest BCUT2D eigenvalue weighted by Gasteiger charge is 2.41. The zero-order chi connectivity index (χ0) is 25.6. The molecular formula is C31H34N2O4. The first kappa shape index (κ1) is 25.0. The standard InChI is InChI=1S/C31H34N2O4/c1-36-29(34)20-28(23-16-18-25(19-17-23)37-21-22-10-4-2-5-11-22)32-30-26-14-8-9-15-27(26)31(35)33(30)24-12-6-3-7-13-24/h2,4-5,8-11,14-19,24,28,30,32H,3,6-7,12-13,20-21H2,1H3/t28-,30-/m1/s1. The van der Waals surface area contributed by atoms with Crippen molar-refractivity contribution in [3.05, 3.63) is 101 Å². The highest BCUT2D eigenvalue weighted by Crippen LogP contribution is 2.39. The number of rotatable bonds is 9. The minimum atomic E-state index is -0.328. The molecule has 6 nitrogen and oxygen atoms in total. The number of benzene rings is 3. The maximum absolute atomic E-state index is 13.5. The Hall–Kier alpha value is -3.64. The fourth-order valence-corrected chi connectivity index (χ4v) is 5.49. The van der Waals surface area contributed by atoms with E-state index in [1.165, 1.54) is 13.5 Å². The van der Waals surface area contributed by atoms with Crippen LogP contribution in [0.4, 0.5) is 0 Å². The molecular weight excluding hydrogens is 464 g/mol. The number of nitrogens with zero attached hydrogens (tertiary/aromatic N) is 1. The highest BCUT2D eigenvalue weighted by molar-refractivity contribution is 5.99. The quantitative estimate of drug-likeness (QED) is 0.370. The number of ether oxygens (including phenoxy) is 2. The third-order valence-corrected chi connectivity index (χ3v) is 7.45. The second kappa shape index (κ2) is 11.6. The predicted molar refractivity (Wildman–Crippen MR) is 142 cm³/mol. The molecule has 0 aromatic heterocycles. The Morgan fingerprint density at radius 3 is 2.38 bits per heavy atom. The van der Waals surface area contributed by atoms with Crippen molar-refractivity contribution in [3.8, 4) is 5.75 Å². The van der Waals surface area contributed by atoms with Gasteiger partial charge in [0.25, 0.3) is 5.91 Å². The van der Waals surface area contributed by atoms with Crippen LogP contribution in [0.25, 0.3) is 0 Å². The van der Waals surface area contributed by atoms with Crippen molar-refractivity contribution in [2.45, 2.75) is 63.4 Å². The Labute approximate surface area is 218 Å². The summed E-state index contributed by atoms with van der Waals surface area (Å²) < 4.78 is 11.0. The summed E-state index contributed by atoms with van der Waals surface area (Å²) >= 11 is 0. The van der Waals surface area contributed by atoms with E-state index in [1.807, 2.05) is 83.8 Å². The number of hydrogen-bond donors (Lipinski definition) is 1. The fourth-order valence-electron chi connectivity index (χ4n) is 5.49. The summed E-state index contributed by atoms with van der Waals surface area (Å²) in [5.74, 6) is 0.528. The second-order valence-electron chi connectivity index (χ2n) is 9.84.